The molecule has 3 aromatic rings. The Bertz CT molecular complexity index is 1160. The third-order valence-corrected chi connectivity index (χ3v) is 6.21. The monoisotopic (exact) mass is 477 g/mol. The van der Waals surface area contributed by atoms with Crippen LogP contribution in [0.5, 0.6) is 5.75 Å². The van der Waals surface area contributed by atoms with Crippen LogP contribution in [0.25, 0.3) is 0 Å². The van der Waals surface area contributed by atoms with Crippen molar-refractivity contribution in [3.8, 4) is 5.75 Å². The number of ether oxygens (including phenoxy) is 1. The summed E-state index contributed by atoms with van der Waals surface area (Å²) in [6.07, 6.45) is 2.61. The zero-order valence-corrected chi connectivity index (χ0v) is 19.9. The molecule has 1 aliphatic heterocycles. The number of fused-ring (bicyclic) bond motifs is 1. The molecule has 0 aliphatic carbocycles. The molecule has 0 aromatic heterocycles. The highest BCUT2D eigenvalue weighted by Crippen LogP contribution is 2.27. The molecule has 0 fully saturated rings. The summed E-state index contributed by atoms with van der Waals surface area (Å²) in [5, 5.41) is 5.64. The quantitative estimate of drug-likeness (QED) is 0.385. The third-order valence-electron chi connectivity index (χ3n) is 5.98. The number of nitrogens with zero attached hydrogens (tertiary/aromatic N) is 1. The molecule has 1 aliphatic rings. The average Bonchev–Trinajstić information content (AvgIpc) is 2.86. The predicted molar refractivity (Wildman–Crippen MR) is 136 cm³/mol. The number of hydrogen-bond donors (Lipinski definition) is 2. The van der Waals surface area contributed by atoms with Gasteiger partial charge in [0.05, 0.1) is 12.8 Å². The van der Waals surface area contributed by atoms with Crippen LogP contribution in [0.1, 0.15) is 23.1 Å². The number of benzene rings is 3. The summed E-state index contributed by atoms with van der Waals surface area (Å²) in [5.74, 6) is -1.02. The highest BCUT2D eigenvalue weighted by Gasteiger charge is 2.17. The number of methoxy groups -OCH3 is 1. The lowest BCUT2D eigenvalue weighted by atomic mass is 9.99. The Morgan fingerprint density at radius 1 is 1.00 bits per heavy atom. The van der Waals surface area contributed by atoms with Gasteiger partial charge >= 0.3 is 11.8 Å². The summed E-state index contributed by atoms with van der Waals surface area (Å²) in [4.78, 5) is 26.7. The fourth-order valence-corrected chi connectivity index (χ4v) is 4.29. The minimum absolute atomic E-state index is 0.354. The van der Waals surface area contributed by atoms with Crippen molar-refractivity contribution in [1.29, 1.82) is 0 Å². The SMILES string of the molecule is COc1ccc(Cl)cc1NC(=O)C(=O)NCCCc1ccc(N2CCc3ccccc3C2)cc1. The van der Waals surface area contributed by atoms with Crippen LogP contribution < -0.4 is 20.3 Å². The van der Waals surface area contributed by atoms with Gasteiger partial charge < -0.3 is 20.3 Å². The van der Waals surface area contributed by atoms with Gasteiger partial charge in [-0.15, -0.1) is 0 Å². The molecule has 0 saturated carbocycles. The Morgan fingerprint density at radius 3 is 2.53 bits per heavy atom. The number of amides is 2. The molecule has 3 aromatic carbocycles. The molecule has 4 rings (SSSR count). The van der Waals surface area contributed by atoms with Crippen LogP contribution in [-0.4, -0.2) is 32.0 Å². The Kier molecular flexibility index (Phi) is 7.70. The van der Waals surface area contributed by atoms with E-state index in [4.69, 9.17) is 16.3 Å². The molecule has 0 unspecified atom stereocenters. The molecule has 0 spiro atoms. The number of nitrogens with one attached hydrogen (secondary N) is 2. The zero-order chi connectivity index (χ0) is 23.9. The average molecular weight is 478 g/mol. The van der Waals surface area contributed by atoms with E-state index in [1.807, 2.05) is 0 Å². The van der Waals surface area contributed by atoms with E-state index in [0.717, 1.165) is 32.4 Å². The van der Waals surface area contributed by atoms with E-state index in [1.54, 1.807) is 12.1 Å². The van der Waals surface area contributed by atoms with Crippen molar-refractivity contribution in [3.05, 3.63) is 88.4 Å². The predicted octanol–water partition coefficient (Wildman–Crippen LogP) is 4.60. The fraction of sp³-hybridized carbons (Fsp3) is 0.259. The van der Waals surface area contributed by atoms with Crippen LogP contribution in [0.4, 0.5) is 11.4 Å². The Balaban J connectivity index is 1.22. The minimum atomic E-state index is -0.756. The van der Waals surface area contributed by atoms with Crippen molar-refractivity contribution in [2.75, 3.05) is 30.4 Å². The van der Waals surface area contributed by atoms with Crippen LogP contribution in [0.3, 0.4) is 0 Å². The molecule has 0 atom stereocenters. The number of anilines is 2. The molecule has 0 radical (unpaired) electrons. The van der Waals surface area contributed by atoms with Gasteiger partial charge in [0.1, 0.15) is 5.75 Å². The van der Waals surface area contributed by atoms with Crippen molar-refractivity contribution in [1.82, 2.24) is 5.32 Å². The number of halogens is 1. The van der Waals surface area contributed by atoms with Crippen LogP contribution >= 0.6 is 11.6 Å². The van der Waals surface area contributed by atoms with E-state index in [1.165, 1.54) is 35.6 Å². The molecule has 7 heteroatoms. The van der Waals surface area contributed by atoms with Gasteiger partial charge in [-0.2, -0.15) is 0 Å². The second-order valence-corrected chi connectivity index (χ2v) is 8.70. The highest BCUT2D eigenvalue weighted by molar-refractivity contribution is 6.40. The van der Waals surface area contributed by atoms with Gasteiger partial charge in [0.15, 0.2) is 0 Å². The summed E-state index contributed by atoms with van der Waals surface area (Å²) in [7, 11) is 1.48. The lowest BCUT2D eigenvalue weighted by molar-refractivity contribution is -0.136. The normalized spacial score (nSPS) is 12.6. The van der Waals surface area contributed by atoms with Gasteiger partial charge in [0, 0.05) is 30.3 Å². The van der Waals surface area contributed by atoms with Crippen LogP contribution in [0.15, 0.2) is 66.7 Å². The molecule has 0 saturated heterocycles. The molecule has 0 bridgehead atoms. The molecule has 2 amide bonds. The Labute approximate surface area is 204 Å². The topological polar surface area (TPSA) is 70.7 Å². The van der Waals surface area contributed by atoms with Crippen molar-refractivity contribution in [2.45, 2.75) is 25.8 Å². The van der Waals surface area contributed by atoms with E-state index in [-0.39, 0.29) is 0 Å². The molecule has 34 heavy (non-hydrogen) atoms. The fourth-order valence-electron chi connectivity index (χ4n) is 4.12. The number of rotatable bonds is 7. The molecular formula is C27H28ClN3O3. The second-order valence-electron chi connectivity index (χ2n) is 8.26. The summed E-state index contributed by atoms with van der Waals surface area (Å²) in [6, 6.07) is 22.0. The summed E-state index contributed by atoms with van der Waals surface area (Å²) in [6.45, 7) is 2.36. The van der Waals surface area contributed by atoms with Gasteiger partial charge in [0.25, 0.3) is 0 Å². The van der Waals surface area contributed by atoms with Gasteiger partial charge in [-0.25, -0.2) is 0 Å². The molecule has 1 heterocycles. The largest absolute Gasteiger partial charge is 0.495 e. The second kappa shape index (κ2) is 11.1. The van der Waals surface area contributed by atoms with E-state index in [9.17, 15) is 9.59 Å². The van der Waals surface area contributed by atoms with Crippen molar-refractivity contribution in [2.24, 2.45) is 0 Å². The van der Waals surface area contributed by atoms with E-state index in [2.05, 4.69) is 64.1 Å². The Hall–Kier alpha value is -3.51. The van der Waals surface area contributed by atoms with Gasteiger partial charge in [0.2, 0.25) is 0 Å². The number of aryl methyl sites for hydroxylation is 1. The number of hydrogen-bond acceptors (Lipinski definition) is 4. The van der Waals surface area contributed by atoms with Gasteiger partial charge in [-0.1, -0.05) is 48.0 Å². The molecule has 6 nitrogen and oxygen atoms in total. The molecule has 2 N–H and O–H groups in total. The summed E-state index contributed by atoms with van der Waals surface area (Å²) < 4.78 is 5.18. The number of carbonyl (C=O) groups excluding carboxylic acids is 2. The van der Waals surface area contributed by atoms with E-state index < -0.39 is 11.8 Å². The molecule has 176 valence electrons. The van der Waals surface area contributed by atoms with Gasteiger partial charge in [-0.3, -0.25) is 9.59 Å². The highest BCUT2D eigenvalue weighted by atomic mass is 35.5. The first kappa shape index (κ1) is 23.6. The van der Waals surface area contributed by atoms with Crippen molar-refractivity contribution in [3.63, 3.8) is 0 Å². The van der Waals surface area contributed by atoms with Crippen molar-refractivity contribution >= 4 is 34.8 Å². The molecular weight excluding hydrogens is 450 g/mol. The standard InChI is InChI=1S/C27H28ClN3O3/c1-34-25-13-10-22(28)17-24(25)30-27(33)26(32)29-15-4-5-19-8-11-23(12-9-19)31-16-14-20-6-2-3-7-21(20)18-31/h2-3,6-13,17H,4-5,14-16,18H2,1H3,(H,29,32)(H,30,33). The zero-order valence-electron chi connectivity index (χ0n) is 19.1. The van der Waals surface area contributed by atoms with Crippen LogP contribution in [-0.2, 0) is 29.0 Å². The lowest BCUT2D eigenvalue weighted by Gasteiger charge is -2.30. The van der Waals surface area contributed by atoms with Crippen LogP contribution in [0.2, 0.25) is 5.02 Å². The third kappa shape index (κ3) is 5.88. The summed E-state index contributed by atoms with van der Waals surface area (Å²) >= 11 is 5.96. The van der Waals surface area contributed by atoms with E-state index >= 15 is 0 Å². The summed E-state index contributed by atoms with van der Waals surface area (Å²) in [5.41, 5.74) is 5.61. The van der Waals surface area contributed by atoms with Gasteiger partial charge in [-0.05, 0) is 66.3 Å². The van der Waals surface area contributed by atoms with Crippen molar-refractivity contribution < 1.29 is 14.3 Å². The first-order valence-electron chi connectivity index (χ1n) is 11.4. The maximum atomic E-state index is 12.2. The maximum Gasteiger partial charge on any atom is 0.313 e. The number of carbonyl (C=O) groups is 2. The Morgan fingerprint density at radius 2 is 1.76 bits per heavy atom. The maximum absolute atomic E-state index is 12.2. The smallest absolute Gasteiger partial charge is 0.313 e. The van der Waals surface area contributed by atoms with E-state index in [0.29, 0.717) is 23.0 Å². The first-order chi connectivity index (χ1) is 16.5. The minimum Gasteiger partial charge on any atom is -0.495 e. The van der Waals surface area contributed by atoms with Crippen LogP contribution in [0, 0.1) is 0 Å². The first-order valence-corrected chi connectivity index (χ1v) is 11.7. The lowest BCUT2D eigenvalue weighted by Crippen LogP contribution is -2.36.